The van der Waals surface area contributed by atoms with Gasteiger partial charge < -0.3 is 11.1 Å². The summed E-state index contributed by atoms with van der Waals surface area (Å²) in [5.74, 6) is 0.520. The van der Waals surface area contributed by atoms with Crippen molar-refractivity contribution in [3.05, 3.63) is 39.7 Å². The molecular weight excluding hydrogens is 316 g/mol. The minimum atomic E-state index is 0.252. The van der Waals surface area contributed by atoms with Gasteiger partial charge in [0.15, 0.2) is 11.0 Å². The highest BCUT2D eigenvalue weighted by Gasteiger charge is 2.08. The van der Waals surface area contributed by atoms with E-state index in [1.165, 1.54) is 11.9 Å². The molecule has 94 valence electrons. The molecule has 0 aliphatic heterocycles. The van der Waals surface area contributed by atoms with E-state index in [0.717, 1.165) is 16.6 Å². The molecule has 4 nitrogen and oxygen atoms in total. The largest absolute Gasteiger partial charge is 0.393 e. The monoisotopic (exact) mass is 326 g/mol. The van der Waals surface area contributed by atoms with Crippen LogP contribution in [0.2, 0.25) is 5.15 Å². The fourth-order valence-corrected chi connectivity index (χ4v) is 2.12. The Bertz CT molecular complexity index is 574. The highest BCUT2D eigenvalue weighted by Crippen LogP contribution is 2.28. The smallest absolute Gasteiger partial charge is 0.158 e. The summed E-state index contributed by atoms with van der Waals surface area (Å²) in [7, 11) is 0. The van der Waals surface area contributed by atoms with E-state index in [1.807, 2.05) is 12.1 Å². The van der Waals surface area contributed by atoms with E-state index in [0.29, 0.717) is 11.5 Å². The van der Waals surface area contributed by atoms with Crippen LogP contribution >= 0.6 is 27.5 Å². The first kappa shape index (κ1) is 13.1. The van der Waals surface area contributed by atoms with Crippen LogP contribution in [0.3, 0.4) is 0 Å². The van der Waals surface area contributed by atoms with Crippen LogP contribution in [0.15, 0.2) is 29.0 Å². The molecule has 0 saturated carbocycles. The lowest BCUT2D eigenvalue weighted by atomic mass is 10.1. The fraction of sp³-hybridized carbons (Fsp3) is 0.167. The summed E-state index contributed by atoms with van der Waals surface area (Å²) in [6.45, 7) is 2.09. The number of halogens is 2. The van der Waals surface area contributed by atoms with Crippen LogP contribution in [0.1, 0.15) is 12.5 Å². The quantitative estimate of drug-likeness (QED) is 0.842. The van der Waals surface area contributed by atoms with Gasteiger partial charge in [-0.15, -0.1) is 0 Å². The lowest BCUT2D eigenvalue weighted by molar-refractivity contribution is 1.13. The molecule has 2 rings (SSSR count). The molecular formula is C12H12BrClN4. The molecule has 0 unspecified atom stereocenters. The van der Waals surface area contributed by atoms with Crippen molar-refractivity contribution >= 4 is 44.7 Å². The summed E-state index contributed by atoms with van der Waals surface area (Å²) in [5.41, 5.74) is 8.30. The zero-order valence-corrected chi connectivity index (χ0v) is 12.1. The Hall–Kier alpha value is -1.33. The van der Waals surface area contributed by atoms with Gasteiger partial charge in [0.05, 0.1) is 0 Å². The number of rotatable bonds is 3. The summed E-state index contributed by atoms with van der Waals surface area (Å²) in [4.78, 5) is 7.91. The maximum atomic E-state index is 5.86. The molecule has 0 aliphatic rings. The van der Waals surface area contributed by atoms with Crippen LogP contribution < -0.4 is 11.1 Å². The molecule has 0 amide bonds. The number of aryl methyl sites for hydroxylation is 1. The second kappa shape index (κ2) is 5.54. The molecule has 18 heavy (non-hydrogen) atoms. The van der Waals surface area contributed by atoms with Crippen molar-refractivity contribution in [1.82, 2.24) is 9.97 Å². The molecule has 1 heterocycles. The molecule has 0 fully saturated rings. The number of hydrogen-bond acceptors (Lipinski definition) is 4. The first-order chi connectivity index (χ1) is 8.61. The number of nitrogens with zero attached hydrogens (tertiary/aromatic N) is 2. The average molecular weight is 328 g/mol. The lowest BCUT2D eigenvalue weighted by Gasteiger charge is -2.12. The molecule has 3 N–H and O–H groups in total. The second-order valence-corrected chi connectivity index (χ2v) is 4.98. The topological polar surface area (TPSA) is 63.8 Å². The third-order valence-corrected chi connectivity index (χ3v) is 3.33. The Morgan fingerprint density at radius 2 is 2.17 bits per heavy atom. The number of nitrogen functional groups attached to an aromatic ring is 1. The molecule has 0 saturated heterocycles. The molecule has 1 aromatic heterocycles. The van der Waals surface area contributed by atoms with Crippen LogP contribution in [0.5, 0.6) is 0 Å². The SMILES string of the molecule is CCc1cc(Br)ccc1Nc1ncnc(Cl)c1N. The van der Waals surface area contributed by atoms with Crippen molar-refractivity contribution in [2.45, 2.75) is 13.3 Å². The van der Waals surface area contributed by atoms with E-state index < -0.39 is 0 Å². The van der Waals surface area contributed by atoms with Crippen LogP contribution in [0.4, 0.5) is 17.2 Å². The van der Waals surface area contributed by atoms with Crippen molar-refractivity contribution in [3.8, 4) is 0 Å². The predicted octanol–water partition coefficient (Wildman–Crippen LogP) is 3.78. The highest BCUT2D eigenvalue weighted by molar-refractivity contribution is 9.10. The number of hydrogen-bond donors (Lipinski definition) is 2. The normalized spacial score (nSPS) is 10.4. The molecule has 2 aromatic rings. The summed E-state index contributed by atoms with van der Waals surface area (Å²) < 4.78 is 1.04. The van der Waals surface area contributed by atoms with Crippen LogP contribution in [-0.2, 0) is 6.42 Å². The van der Waals surface area contributed by atoms with Gasteiger partial charge in [-0.1, -0.05) is 34.5 Å². The summed E-state index contributed by atoms with van der Waals surface area (Å²) in [5, 5.41) is 3.43. The Kier molecular flexibility index (Phi) is 4.04. The maximum Gasteiger partial charge on any atom is 0.158 e. The third kappa shape index (κ3) is 2.73. The van der Waals surface area contributed by atoms with E-state index in [4.69, 9.17) is 17.3 Å². The average Bonchev–Trinajstić information content (AvgIpc) is 2.37. The molecule has 1 aromatic carbocycles. The summed E-state index contributed by atoms with van der Waals surface area (Å²) in [6.07, 6.45) is 2.28. The van der Waals surface area contributed by atoms with Gasteiger partial charge in [-0.05, 0) is 30.2 Å². The third-order valence-electron chi connectivity index (χ3n) is 2.54. The molecule has 0 radical (unpaired) electrons. The zero-order chi connectivity index (χ0) is 13.1. The minimum absolute atomic E-state index is 0.252. The van der Waals surface area contributed by atoms with Crippen LogP contribution in [0, 0.1) is 0 Å². The van der Waals surface area contributed by atoms with Gasteiger partial charge >= 0.3 is 0 Å². The van der Waals surface area contributed by atoms with E-state index in [2.05, 4.69) is 44.2 Å². The van der Waals surface area contributed by atoms with Crippen molar-refractivity contribution in [1.29, 1.82) is 0 Å². The van der Waals surface area contributed by atoms with E-state index in [9.17, 15) is 0 Å². The summed E-state index contributed by atoms with van der Waals surface area (Å²) in [6, 6.07) is 5.99. The first-order valence-electron chi connectivity index (χ1n) is 5.43. The predicted molar refractivity (Wildman–Crippen MR) is 78.3 cm³/mol. The Morgan fingerprint density at radius 3 is 2.89 bits per heavy atom. The molecule has 6 heteroatoms. The van der Waals surface area contributed by atoms with Crippen LogP contribution in [0.25, 0.3) is 0 Å². The molecule has 0 bridgehead atoms. The number of anilines is 3. The maximum absolute atomic E-state index is 5.86. The first-order valence-corrected chi connectivity index (χ1v) is 6.60. The van der Waals surface area contributed by atoms with Crippen molar-refractivity contribution in [3.63, 3.8) is 0 Å². The number of benzene rings is 1. The van der Waals surface area contributed by atoms with Gasteiger partial charge in [0.1, 0.15) is 12.0 Å². The minimum Gasteiger partial charge on any atom is -0.393 e. The number of nitrogens with two attached hydrogens (primary N) is 1. The van der Waals surface area contributed by atoms with Crippen molar-refractivity contribution in [2.24, 2.45) is 0 Å². The van der Waals surface area contributed by atoms with Gasteiger partial charge in [0.2, 0.25) is 0 Å². The van der Waals surface area contributed by atoms with Gasteiger partial charge in [0.25, 0.3) is 0 Å². The van der Waals surface area contributed by atoms with Crippen molar-refractivity contribution < 1.29 is 0 Å². The molecule has 0 aliphatic carbocycles. The Balaban J connectivity index is 2.37. The highest BCUT2D eigenvalue weighted by atomic mass is 79.9. The fourth-order valence-electron chi connectivity index (χ4n) is 1.58. The van der Waals surface area contributed by atoms with Gasteiger partial charge in [0, 0.05) is 10.2 Å². The van der Waals surface area contributed by atoms with E-state index in [-0.39, 0.29) is 5.15 Å². The Morgan fingerprint density at radius 1 is 1.39 bits per heavy atom. The number of nitrogens with one attached hydrogen (secondary N) is 1. The lowest BCUT2D eigenvalue weighted by Crippen LogP contribution is -2.02. The van der Waals surface area contributed by atoms with Crippen LogP contribution in [-0.4, -0.2) is 9.97 Å². The zero-order valence-electron chi connectivity index (χ0n) is 9.74. The summed E-state index contributed by atoms with van der Waals surface area (Å²) >= 11 is 9.30. The number of aromatic nitrogens is 2. The Labute approximate surface area is 119 Å². The second-order valence-electron chi connectivity index (χ2n) is 3.71. The van der Waals surface area contributed by atoms with Gasteiger partial charge in [-0.3, -0.25) is 0 Å². The van der Waals surface area contributed by atoms with Gasteiger partial charge in [-0.2, -0.15) is 0 Å². The van der Waals surface area contributed by atoms with E-state index in [1.54, 1.807) is 0 Å². The van der Waals surface area contributed by atoms with E-state index >= 15 is 0 Å². The van der Waals surface area contributed by atoms with Gasteiger partial charge in [-0.25, -0.2) is 9.97 Å². The van der Waals surface area contributed by atoms with Crippen molar-refractivity contribution in [2.75, 3.05) is 11.1 Å². The molecule has 0 spiro atoms. The standard InChI is InChI=1S/C12H12BrClN4/c1-2-7-5-8(13)3-4-9(7)18-12-10(15)11(14)16-6-17-12/h3-6H,2,15H2,1H3,(H,16,17,18). The molecule has 0 atom stereocenters.